The summed E-state index contributed by atoms with van der Waals surface area (Å²) in [5.41, 5.74) is 0. The van der Waals surface area contributed by atoms with Crippen molar-refractivity contribution in [1.29, 1.82) is 0 Å². The minimum Gasteiger partial charge on any atom is -0.392 e. The summed E-state index contributed by atoms with van der Waals surface area (Å²) >= 11 is 0. The molecule has 6 N–H and O–H groups in total. The Morgan fingerprint density at radius 3 is 1.20 bits per heavy atom. The molecule has 0 saturated carbocycles. The highest BCUT2D eigenvalue weighted by atomic mass is 16.5. The molecule has 0 heterocycles. The highest BCUT2D eigenvalue weighted by molar-refractivity contribution is 3.51. The van der Waals surface area contributed by atoms with Crippen LogP contribution in [0, 0.1) is 0 Å². The Morgan fingerprint density at radius 2 is 1.20 bits per heavy atom. The van der Waals surface area contributed by atoms with Crippen LogP contribution in [0.5, 0.6) is 0 Å². The Labute approximate surface area is 28.5 Å². The van der Waals surface area contributed by atoms with Crippen LogP contribution < -0.4 is 6.15 Å². The molecule has 32 valence electrons. The van der Waals surface area contributed by atoms with Crippen LogP contribution in [0.3, 0.4) is 0 Å². The van der Waals surface area contributed by atoms with Gasteiger partial charge in [0.25, 0.3) is 0 Å². The van der Waals surface area contributed by atoms with Crippen molar-refractivity contribution in [2.45, 2.75) is 0 Å². The van der Waals surface area contributed by atoms with Gasteiger partial charge in [-0.1, -0.05) is 0 Å². The first kappa shape index (κ1) is 8.90. The largest absolute Gasteiger partial charge is 0.392 e. The van der Waals surface area contributed by atoms with Gasteiger partial charge in [-0.3, -0.25) is 0 Å². The van der Waals surface area contributed by atoms with E-state index >= 15 is 0 Å². The van der Waals surface area contributed by atoms with E-state index in [9.17, 15) is 0 Å². The Balaban J connectivity index is 0. The fourth-order valence-corrected chi connectivity index (χ4v) is 0. The lowest BCUT2D eigenvalue weighted by Crippen LogP contribution is -1.41. The highest BCUT2D eigenvalue weighted by Crippen LogP contribution is 1.46. The second-order valence-electron chi connectivity index (χ2n) is 0.179. The van der Waals surface area contributed by atoms with Gasteiger partial charge in [-0.2, -0.15) is 0 Å². The van der Waals surface area contributed by atoms with Crippen molar-refractivity contribution in [3.63, 3.8) is 0 Å². The van der Waals surface area contributed by atoms with E-state index in [1.165, 1.54) is 0 Å². The number of rotatable bonds is 0. The summed E-state index contributed by atoms with van der Waals surface area (Å²) in [5, 5.41) is 18.0. The Morgan fingerprint density at radius 1 is 1.00 bits per heavy atom. The van der Waals surface area contributed by atoms with Crippen molar-refractivity contribution < 1.29 is 10.4 Å². The smallest absolute Gasteiger partial charge is 0.0606 e. The summed E-state index contributed by atoms with van der Waals surface area (Å²) in [5.74, 6) is 0. The Kier molecular flexibility index (Phi) is 19.5. The lowest BCUT2D eigenvalue weighted by atomic mass is 13.0. The van der Waals surface area contributed by atoms with Crippen molar-refractivity contribution in [2.75, 3.05) is 0 Å². The highest BCUT2D eigenvalue weighted by Gasteiger charge is 1.34. The fourth-order valence-electron chi connectivity index (χ4n) is 0. The van der Waals surface area contributed by atoms with Crippen LogP contribution in [-0.4, -0.2) is 10.4 Å². The summed E-state index contributed by atoms with van der Waals surface area (Å²) in [7, 11) is 0. The van der Waals surface area contributed by atoms with E-state index in [1.807, 2.05) is 10.6 Å². The van der Waals surface area contributed by atoms with Crippen LogP contribution in [0.15, 0.2) is 10.6 Å². The molecule has 5 heteroatoms. The van der Waals surface area contributed by atoms with E-state index in [2.05, 4.69) is 0 Å². The standard InChI is InChI=1S/H2N2O2.H3N/c3-1-2-4;/h(H,1,4)(H,2,3);1H3/p+1. The van der Waals surface area contributed by atoms with Crippen molar-refractivity contribution in [1.82, 2.24) is 6.15 Å². The van der Waals surface area contributed by atoms with Gasteiger partial charge in [0.05, 0.1) is 10.6 Å². The van der Waals surface area contributed by atoms with Gasteiger partial charge in [0.15, 0.2) is 0 Å². The number of hydrogen-bond donors (Lipinski definition) is 3. The lowest BCUT2D eigenvalue weighted by Gasteiger charge is -1.53. The predicted octanol–water partition coefficient (Wildman–Crippen LogP) is 0.593. The van der Waals surface area contributed by atoms with Crippen LogP contribution in [0.1, 0.15) is 0 Å². The summed E-state index contributed by atoms with van der Waals surface area (Å²) in [6.07, 6.45) is 0. The van der Waals surface area contributed by atoms with Crippen LogP contribution in [-0.2, 0) is 0 Å². The number of hydrogen-bond acceptors (Lipinski definition) is 2. The molecule has 0 aliphatic rings. The second-order valence-corrected chi connectivity index (χ2v) is 0.179. The SMILES string of the molecule is O/N=N/O.[NH4+]. The summed E-state index contributed by atoms with van der Waals surface area (Å²) in [6, 6.07) is 0. The van der Waals surface area contributed by atoms with E-state index in [4.69, 9.17) is 10.4 Å². The fraction of sp³-hybridized carbons (Fsp3) is 0. The van der Waals surface area contributed by atoms with Gasteiger partial charge >= 0.3 is 0 Å². The van der Waals surface area contributed by atoms with Crippen molar-refractivity contribution >= 4 is 0 Å². The average Bonchev–Trinajstić information content (AvgIpc) is 1.37. The Hall–Kier alpha value is -0.840. The van der Waals surface area contributed by atoms with Crippen molar-refractivity contribution in [2.24, 2.45) is 10.6 Å². The molecule has 5 nitrogen and oxygen atoms in total. The minimum atomic E-state index is 0. The van der Waals surface area contributed by atoms with E-state index in [0.717, 1.165) is 0 Å². The molecule has 0 rings (SSSR count). The molecular formula is H6N3O2+. The maximum Gasteiger partial charge on any atom is 0.0606 e. The molecule has 0 aliphatic carbocycles. The summed E-state index contributed by atoms with van der Waals surface area (Å²) < 4.78 is 0. The molecule has 0 fully saturated rings. The minimum absolute atomic E-state index is 0. The topological polar surface area (TPSA) is 102 Å². The first-order chi connectivity index (χ1) is 1.91. The second kappa shape index (κ2) is 11.0. The molecule has 0 amide bonds. The van der Waals surface area contributed by atoms with Crippen LogP contribution >= 0.6 is 0 Å². The van der Waals surface area contributed by atoms with Gasteiger partial charge in [-0.15, -0.1) is 0 Å². The van der Waals surface area contributed by atoms with Crippen molar-refractivity contribution in [3.05, 3.63) is 0 Å². The predicted molar refractivity (Wildman–Crippen MR) is 14.4 cm³/mol. The van der Waals surface area contributed by atoms with Gasteiger partial charge in [0.2, 0.25) is 0 Å². The molecule has 5 heavy (non-hydrogen) atoms. The zero-order valence-corrected chi connectivity index (χ0v) is 2.79. The van der Waals surface area contributed by atoms with E-state index < -0.39 is 0 Å². The Bertz CT molecular complexity index is 20.1. The van der Waals surface area contributed by atoms with Crippen molar-refractivity contribution in [3.8, 4) is 0 Å². The molecule has 0 saturated heterocycles. The molecular weight excluding hydrogens is 74.0 g/mol. The molecule has 0 aromatic rings. The number of nitrogens with zero attached hydrogens (tertiary/aromatic N) is 2. The third-order valence-electron chi connectivity index (χ3n) is 0.0400. The van der Waals surface area contributed by atoms with Crippen LogP contribution in [0.25, 0.3) is 0 Å². The third-order valence-corrected chi connectivity index (χ3v) is 0.0400. The first-order valence-electron chi connectivity index (χ1n) is 0.600. The molecule has 0 bridgehead atoms. The van der Waals surface area contributed by atoms with E-state index in [0.29, 0.717) is 0 Å². The maximum atomic E-state index is 7.08. The molecule has 0 radical (unpaired) electrons. The molecule has 0 aliphatic heterocycles. The van der Waals surface area contributed by atoms with E-state index in [-0.39, 0.29) is 6.15 Å². The lowest BCUT2D eigenvalue weighted by molar-refractivity contribution is 0.177. The first-order valence-corrected chi connectivity index (χ1v) is 0.600. The van der Waals surface area contributed by atoms with Gasteiger partial charge in [-0.25, -0.2) is 0 Å². The summed E-state index contributed by atoms with van der Waals surface area (Å²) in [6.45, 7) is 0. The summed E-state index contributed by atoms with van der Waals surface area (Å²) in [4.78, 5) is 0. The normalized spacial score (nSPS) is 7.20. The van der Waals surface area contributed by atoms with Gasteiger partial charge in [-0.05, 0) is 0 Å². The quantitative estimate of drug-likeness (QED) is 0.293. The monoisotopic (exact) mass is 80.0 g/mol. The van der Waals surface area contributed by atoms with Crippen LogP contribution in [0.4, 0.5) is 0 Å². The molecule has 0 unspecified atom stereocenters. The average molecular weight is 80.1 g/mol. The molecule has 0 spiro atoms. The molecule has 0 aromatic heterocycles. The number of quaternary nitrogens is 1. The molecule has 0 aromatic carbocycles. The van der Waals surface area contributed by atoms with Gasteiger partial charge in [0, 0.05) is 0 Å². The molecule has 0 atom stereocenters. The van der Waals surface area contributed by atoms with E-state index in [1.54, 1.807) is 0 Å². The zero-order valence-electron chi connectivity index (χ0n) is 2.79. The van der Waals surface area contributed by atoms with Crippen LogP contribution in [0.2, 0.25) is 0 Å². The third kappa shape index (κ3) is 166. The maximum absolute atomic E-state index is 7.08. The van der Waals surface area contributed by atoms with Gasteiger partial charge < -0.3 is 16.6 Å². The van der Waals surface area contributed by atoms with Gasteiger partial charge in [0.1, 0.15) is 0 Å². The zero-order chi connectivity index (χ0) is 3.41.